The van der Waals surface area contributed by atoms with Crippen LogP contribution >= 0.6 is 0 Å². The van der Waals surface area contributed by atoms with Crippen LogP contribution < -0.4 is 10.1 Å². The second kappa shape index (κ2) is 12.6. The maximum atomic E-state index is 11.9. The van der Waals surface area contributed by atoms with Gasteiger partial charge in [-0.1, -0.05) is 12.1 Å². The zero-order chi connectivity index (χ0) is 19.3. The van der Waals surface area contributed by atoms with Crippen molar-refractivity contribution in [1.29, 1.82) is 0 Å². The lowest BCUT2D eigenvalue weighted by molar-refractivity contribution is -0.116. The fourth-order valence-electron chi connectivity index (χ4n) is 2.46. The Morgan fingerprint density at radius 2 is 1.62 bits per heavy atom. The summed E-state index contributed by atoms with van der Waals surface area (Å²) >= 11 is 0. The number of amides is 1. The molecule has 0 bridgehead atoms. The first kappa shape index (κ1) is 22.4. The molecule has 1 amide bonds. The molecule has 1 aromatic carbocycles. The van der Waals surface area contributed by atoms with Gasteiger partial charge in [0.05, 0.1) is 7.11 Å². The van der Waals surface area contributed by atoms with Gasteiger partial charge < -0.3 is 23.3 Å². The average molecular weight is 382 g/mol. The van der Waals surface area contributed by atoms with Crippen LogP contribution in [0.5, 0.6) is 5.75 Å². The van der Waals surface area contributed by atoms with Crippen LogP contribution in [0.15, 0.2) is 30.3 Å². The van der Waals surface area contributed by atoms with E-state index in [-0.39, 0.29) is 5.91 Å². The van der Waals surface area contributed by atoms with Gasteiger partial charge in [0.15, 0.2) is 0 Å². The molecule has 0 spiro atoms. The summed E-state index contributed by atoms with van der Waals surface area (Å²) in [6, 6.07) is 8.20. The summed E-state index contributed by atoms with van der Waals surface area (Å²) in [4.78, 5) is 11.9. The molecule has 26 heavy (non-hydrogen) atoms. The maximum absolute atomic E-state index is 11.9. The normalized spacial score (nSPS) is 11.7. The average Bonchev–Trinajstić information content (AvgIpc) is 2.65. The summed E-state index contributed by atoms with van der Waals surface area (Å²) in [5.74, 6) is 0.662. The van der Waals surface area contributed by atoms with Crippen LogP contribution in [0, 0.1) is 0 Å². The summed E-state index contributed by atoms with van der Waals surface area (Å²) in [6.07, 6.45) is 4.04. The van der Waals surface area contributed by atoms with E-state index in [1.54, 1.807) is 13.2 Å². The van der Waals surface area contributed by atoms with Crippen LogP contribution in [0.3, 0.4) is 0 Å². The number of nitrogens with one attached hydrogen (secondary N) is 1. The molecule has 0 saturated carbocycles. The van der Waals surface area contributed by atoms with Crippen LogP contribution in [0.1, 0.15) is 32.8 Å². The number of ether oxygens (including phenoxy) is 1. The molecule has 1 rings (SSSR count). The van der Waals surface area contributed by atoms with E-state index in [2.05, 4.69) is 5.32 Å². The lowest BCUT2D eigenvalue weighted by Gasteiger charge is -2.28. The largest absolute Gasteiger partial charge is 0.500 e. The van der Waals surface area contributed by atoms with Gasteiger partial charge in [-0.25, -0.2) is 0 Å². The van der Waals surface area contributed by atoms with Crippen LogP contribution in [0.4, 0.5) is 0 Å². The molecule has 1 N–H and O–H groups in total. The number of carbonyl (C=O) groups is 1. The monoisotopic (exact) mass is 381 g/mol. The van der Waals surface area contributed by atoms with Gasteiger partial charge in [0.2, 0.25) is 5.91 Å². The molecule has 0 aliphatic heterocycles. The van der Waals surface area contributed by atoms with Gasteiger partial charge in [0.25, 0.3) is 0 Å². The number of carbonyl (C=O) groups excluding carboxylic acids is 1. The minimum absolute atomic E-state index is 0.127. The summed E-state index contributed by atoms with van der Waals surface area (Å²) in [5.41, 5.74) is 0.941. The Morgan fingerprint density at radius 1 is 1.04 bits per heavy atom. The zero-order valence-corrected chi connectivity index (χ0v) is 17.2. The molecule has 0 aromatic heterocycles. The Balaban J connectivity index is 2.42. The molecular weight excluding hydrogens is 350 g/mol. The van der Waals surface area contributed by atoms with Crippen molar-refractivity contribution in [3.8, 4) is 5.75 Å². The van der Waals surface area contributed by atoms with Crippen LogP contribution in [0.2, 0.25) is 6.04 Å². The molecule has 146 valence electrons. The molecule has 1 aromatic rings. The van der Waals surface area contributed by atoms with Crippen molar-refractivity contribution in [1.82, 2.24) is 5.32 Å². The molecule has 0 radical (unpaired) electrons. The Labute approximate surface area is 157 Å². The van der Waals surface area contributed by atoms with E-state index in [4.69, 9.17) is 18.0 Å². The van der Waals surface area contributed by atoms with E-state index in [0.717, 1.165) is 17.7 Å². The highest BCUT2D eigenvalue weighted by Crippen LogP contribution is 2.17. The smallest absolute Gasteiger partial charge is 0.497 e. The van der Waals surface area contributed by atoms with E-state index < -0.39 is 8.80 Å². The highest BCUT2D eigenvalue weighted by molar-refractivity contribution is 6.60. The van der Waals surface area contributed by atoms with Crippen molar-refractivity contribution < 1.29 is 22.8 Å². The van der Waals surface area contributed by atoms with Gasteiger partial charge >= 0.3 is 8.80 Å². The van der Waals surface area contributed by atoms with Gasteiger partial charge in [-0.05, 0) is 51.0 Å². The van der Waals surface area contributed by atoms with Crippen molar-refractivity contribution >= 4 is 20.8 Å². The molecule has 0 aliphatic rings. The second-order valence-corrected chi connectivity index (χ2v) is 8.22. The highest BCUT2D eigenvalue weighted by atomic mass is 28.4. The van der Waals surface area contributed by atoms with E-state index in [1.807, 2.05) is 45.0 Å². The zero-order valence-electron chi connectivity index (χ0n) is 16.2. The minimum atomic E-state index is -2.63. The molecule has 6 nitrogen and oxygen atoms in total. The summed E-state index contributed by atoms with van der Waals surface area (Å²) < 4.78 is 22.5. The van der Waals surface area contributed by atoms with Crippen LogP contribution in [-0.4, -0.2) is 48.2 Å². The van der Waals surface area contributed by atoms with Crippen molar-refractivity contribution in [2.24, 2.45) is 0 Å². The first-order chi connectivity index (χ1) is 12.6. The Morgan fingerprint density at radius 3 is 2.12 bits per heavy atom. The van der Waals surface area contributed by atoms with Gasteiger partial charge in [0, 0.05) is 38.5 Å². The molecule has 0 aliphatic carbocycles. The molecule has 0 heterocycles. The van der Waals surface area contributed by atoms with Gasteiger partial charge in [-0.3, -0.25) is 4.79 Å². The van der Waals surface area contributed by atoms with Crippen molar-refractivity contribution in [2.45, 2.75) is 33.2 Å². The molecule has 0 unspecified atom stereocenters. The number of benzene rings is 1. The number of rotatable bonds is 13. The Bertz CT molecular complexity index is 530. The fraction of sp³-hybridized carbons (Fsp3) is 0.526. The molecule has 7 heteroatoms. The number of hydrogen-bond donors (Lipinski definition) is 1. The molecule has 0 saturated heterocycles. The predicted octanol–water partition coefficient (Wildman–Crippen LogP) is 3.26. The lowest BCUT2D eigenvalue weighted by Crippen LogP contribution is -2.46. The summed E-state index contributed by atoms with van der Waals surface area (Å²) in [7, 11) is -1.01. The summed E-state index contributed by atoms with van der Waals surface area (Å²) in [6.45, 7) is 8.03. The Hall–Kier alpha value is -1.67. The van der Waals surface area contributed by atoms with Crippen LogP contribution in [-0.2, 0) is 18.1 Å². The van der Waals surface area contributed by atoms with E-state index in [1.165, 1.54) is 6.08 Å². The Kier molecular flexibility index (Phi) is 10.9. The lowest BCUT2D eigenvalue weighted by atomic mass is 10.2. The first-order valence-electron chi connectivity index (χ1n) is 9.11. The molecule has 0 atom stereocenters. The molecular formula is C19H31NO5Si. The molecule has 0 fully saturated rings. The van der Waals surface area contributed by atoms with Crippen LogP contribution in [0.25, 0.3) is 6.08 Å². The van der Waals surface area contributed by atoms with Gasteiger partial charge in [-0.15, -0.1) is 0 Å². The van der Waals surface area contributed by atoms with Crippen molar-refractivity contribution in [3.63, 3.8) is 0 Å². The fourth-order valence-corrected chi connectivity index (χ4v) is 5.08. The third-order valence-electron chi connectivity index (χ3n) is 3.59. The van der Waals surface area contributed by atoms with E-state index in [9.17, 15) is 4.79 Å². The number of methoxy groups -OCH3 is 1. The van der Waals surface area contributed by atoms with Gasteiger partial charge in [-0.2, -0.15) is 0 Å². The number of hydrogen-bond acceptors (Lipinski definition) is 5. The SMILES string of the molecule is CCO[Si](CCCNC(=O)/C=C/c1ccc(OC)cc1)(OCC)OCC. The van der Waals surface area contributed by atoms with Gasteiger partial charge in [0.1, 0.15) is 5.75 Å². The van der Waals surface area contributed by atoms with Crippen molar-refractivity contribution in [2.75, 3.05) is 33.5 Å². The summed E-state index contributed by atoms with van der Waals surface area (Å²) in [5, 5.41) is 2.88. The maximum Gasteiger partial charge on any atom is 0.500 e. The van der Waals surface area contributed by atoms with E-state index >= 15 is 0 Å². The van der Waals surface area contributed by atoms with Crippen molar-refractivity contribution in [3.05, 3.63) is 35.9 Å². The third-order valence-corrected chi connectivity index (χ3v) is 6.75. The minimum Gasteiger partial charge on any atom is -0.497 e. The quantitative estimate of drug-likeness (QED) is 0.323. The third kappa shape index (κ3) is 8.14. The predicted molar refractivity (Wildman–Crippen MR) is 105 cm³/mol. The standard InChI is InChI=1S/C19H31NO5Si/c1-5-23-26(24-6-2,25-7-3)16-8-15-20-19(21)14-11-17-9-12-18(22-4)13-10-17/h9-14H,5-8,15-16H2,1-4H3,(H,20,21)/b14-11+. The second-order valence-electron chi connectivity index (χ2n) is 5.48. The highest BCUT2D eigenvalue weighted by Gasteiger charge is 2.39. The first-order valence-corrected chi connectivity index (χ1v) is 11.0. The van der Waals surface area contributed by atoms with E-state index in [0.29, 0.717) is 32.4 Å². The topological polar surface area (TPSA) is 66.0 Å².